The Morgan fingerprint density at radius 2 is 1.62 bits per heavy atom. The SMILES string of the molecule is NC(N)=NCCC[C@@H]1COc2ccc(NC(=O)c3ccc4[nH]c(=O)c(=O)[nH]c4c3)cc2C(=O)NC[C@H](N)C(=O)N[C@@H](Cc2ccc(N)cc2)C(=O)N1. The van der Waals surface area contributed by atoms with Crippen molar-refractivity contribution in [2.75, 3.05) is 30.7 Å². The van der Waals surface area contributed by atoms with Crippen molar-refractivity contribution in [1.29, 1.82) is 0 Å². The van der Waals surface area contributed by atoms with Crippen molar-refractivity contribution in [3.63, 3.8) is 0 Å². The van der Waals surface area contributed by atoms with Gasteiger partial charge in [0.15, 0.2) is 5.96 Å². The summed E-state index contributed by atoms with van der Waals surface area (Å²) in [6.45, 7) is -0.0941. The number of nitrogens with one attached hydrogen (secondary N) is 6. The predicted octanol–water partition coefficient (Wildman–Crippen LogP) is -1.23. The van der Waals surface area contributed by atoms with E-state index in [0.29, 0.717) is 24.0 Å². The van der Waals surface area contributed by atoms with Crippen LogP contribution in [-0.2, 0) is 16.0 Å². The summed E-state index contributed by atoms with van der Waals surface area (Å²) in [7, 11) is 0. The molecular weight excluding hydrogens is 674 g/mol. The molecule has 4 aromatic rings. The number of H-pyrrole nitrogens is 2. The largest absolute Gasteiger partial charge is 0.491 e. The van der Waals surface area contributed by atoms with Gasteiger partial charge >= 0.3 is 11.1 Å². The Morgan fingerprint density at radius 1 is 0.885 bits per heavy atom. The number of ether oxygens (including phenoxy) is 1. The van der Waals surface area contributed by atoms with Gasteiger partial charge in [-0.15, -0.1) is 0 Å². The first-order chi connectivity index (χ1) is 24.9. The molecule has 1 aliphatic heterocycles. The number of aromatic amines is 2. The van der Waals surface area contributed by atoms with Crippen LogP contribution in [0.4, 0.5) is 11.4 Å². The zero-order valence-corrected chi connectivity index (χ0v) is 27.9. The summed E-state index contributed by atoms with van der Waals surface area (Å²) >= 11 is 0. The molecular formula is C34H39N11O7. The van der Waals surface area contributed by atoms with Crippen LogP contribution in [-0.4, -0.2) is 77.4 Å². The van der Waals surface area contributed by atoms with E-state index in [1.807, 2.05) is 0 Å². The number of carbonyl (C=O) groups excluding carboxylic acids is 4. The third-order valence-corrected chi connectivity index (χ3v) is 8.13. The molecule has 4 amide bonds. The van der Waals surface area contributed by atoms with Gasteiger partial charge in [0.25, 0.3) is 11.8 Å². The Bertz CT molecular complexity index is 2120. The standard InChI is InChI=1S/C34H39N11O7/c35-19-6-3-17(4-7-19)12-26-31(49)42-21(2-1-11-39-34(37)38)16-52-27-10-8-20(14-22(27)29(47)40-15-23(36)30(48)45-26)41-28(46)18-5-9-24-25(13-18)44-33(51)32(50)43-24/h3-10,13-14,21,23,26H,1-2,11-12,15-16,35-36H2,(H,40,47)(H,41,46)(H,42,49)(H,43,50)(H,44,51)(H,45,48)(H4,37,38,39)/t21-,23+,26+/m1/s1. The minimum Gasteiger partial charge on any atom is -0.491 e. The third-order valence-electron chi connectivity index (χ3n) is 8.13. The molecule has 272 valence electrons. The molecule has 0 aliphatic carbocycles. The Kier molecular flexibility index (Phi) is 11.5. The summed E-state index contributed by atoms with van der Waals surface area (Å²) in [5.74, 6) is -2.34. The Hall–Kier alpha value is -6.69. The predicted molar refractivity (Wildman–Crippen MR) is 194 cm³/mol. The van der Waals surface area contributed by atoms with Crippen molar-refractivity contribution in [3.05, 3.63) is 98.1 Å². The first-order valence-electron chi connectivity index (χ1n) is 16.2. The lowest BCUT2D eigenvalue weighted by atomic mass is 10.0. The second-order valence-corrected chi connectivity index (χ2v) is 12.1. The van der Waals surface area contributed by atoms with Gasteiger partial charge in [0, 0.05) is 36.4 Å². The molecule has 0 bridgehead atoms. The number of nitrogens with two attached hydrogens (primary N) is 4. The summed E-state index contributed by atoms with van der Waals surface area (Å²) in [5, 5.41) is 11.0. The molecule has 3 atom stereocenters. The van der Waals surface area contributed by atoms with Crippen molar-refractivity contribution < 1.29 is 23.9 Å². The number of nitrogen functional groups attached to an aromatic ring is 1. The lowest BCUT2D eigenvalue weighted by Crippen LogP contribution is -2.56. The number of aromatic nitrogens is 2. The number of amides is 4. The van der Waals surface area contributed by atoms with Crippen molar-refractivity contribution in [2.45, 2.75) is 37.4 Å². The minimum absolute atomic E-state index is 0.00898. The number of guanidine groups is 1. The second-order valence-electron chi connectivity index (χ2n) is 12.1. The summed E-state index contributed by atoms with van der Waals surface area (Å²) in [4.78, 5) is 85.8. The van der Waals surface area contributed by atoms with Crippen molar-refractivity contribution in [1.82, 2.24) is 25.9 Å². The number of fused-ring (bicyclic) bond motifs is 2. The lowest BCUT2D eigenvalue weighted by Gasteiger charge is -2.26. The molecule has 3 aromatic carbocycles. The first-order valence-corrected chi connectivity index (χ1v) is 16.2. The average molecular weight is 714 g/mol. The zero-order valence-electron chi connectivity index (χ0n) is 27.9. The van der Waals surface area contributed by atoms with Crippen molar-refractivity contribution in [2.24, 2.45) is 22.2 Å². The number of anilines is 2. The molecule has 0 saturated carbocycles. The maximum atomic E-state index is 13.7. The van der Waals surface area contributed by atoms with Crippen LogP contribution in [0.3, 0.4) is 0 Å². The van der Waals surface area contributed by atoms with E-state index in [1.165, 1.54) is 36.4 Å². The summed E-state index contributed by atoms with van der Waals surface area (Å²) in [6.07, 6.45) is 0.959. The Labute approximate surface area is 295 Å². The monoisotopic (exact) mass is 713 g/mol. The van der Waals surface area contributed by atoms with Crippen LogP contribution in [0.1, 0.15) is 39.1 Å². The quantitative estimate of drug-likeness (QED) is 0.0339. The Morgan fingerprint density at radius 3 is 2.35 bits per heavy atom. The van der Waals surface area contributed by atoms with Gasteiger partial charge in [0.1, 0.15) is 24.4 Å². The van der Waals surface area contributed by atoms with E-state index in [0.717, 1.165) is 5.56 Å². The van der Waals surface area contributed by atoms with Crippen LogP contribution in [0.5, 0.6) is 5.75 Å². The molecule has 18 heteroatoms. The molecule has 0 radical (unpaired) electrons. The average Bonchev–Trinajstić information content (AvgIpc) is 3.11. The number of nitrogens with zero attached hydrogens (tertiary/aromatic N) is 1. The van der Waals surface area contributed by atoms with Crippen molar-refractivity contribution in [3.8, 4) is 5.75 Å². The van der Waals surface area contributed by atoms with E-state index in [2.05, 4.69) is 36.2 Å². The lowest BCUT2D eigenvalue weighted by molar-refractivity contribution is -0.130. The molecule has 14 N–H and O–H groups in total. The molecule has 5 rings (SSSR count). The van der Waals surface area contributed by atoms with Crippen molar-refractivity contribution >= 4 is 52.0 Å². The summed E-state index contributed by atoms with van der Waals surface area (Å²) < 4.78 is 6.10. The van der Waals surface area contributed by atoms with Crippen LogP contribution in [0, 0.1) is 0 Å². The third kappa shape index (κ3) is 9.51. The van der Waals surface area contributed by atoms with E-state index in [9.17, 15) is 28.8 Å². The van der Waals surface area contributed by atoms with Gasteiger partial charge in [0.2, 0.25) is 11.8 Å². The zero-order chi connectivity index (χ0) is 37.4. The van der Waals surface area contributed by atoms with Crippen LogP contribution < -0.4 is 60.1 Å². The molecule has 0 saturated heterocycles. The normalized spacial score (nSPS) is 18.1. The molecule has 0 spiro atoms. The molecule has 2 heterocycles. The van der Waals surface area contributed by atoms with Gasteiger partial charge in [-0.1, -0.05) is 12.1 Å². The molecule has 0 unspecified atom stereocenters. The highest BCUT2D eigenvalue weighted by atomic mass is 16.5. The van der Waals surface area contributed by atoms with Crippen LogP contribution in [0.15, 0.2) is 75.2 Å². The minimum atomic E-state index is -1.23. The van der Waals surface area contributed by atoms with Gasteiger partial charge in [-0.05, 0) is 66.9 Å². The van der Waals surface area contributed by atoms with E-state index in [1.54, 1.807) is 24.3 Å². The van der Waals surface area contributed by atoms with E-state index in [-0.39, 0.29) is 60.2 Å². The molecule has 52 heavy (non-hydrogen) atoms. The van der Waals surface area contributed by atoms with Crippen LogP contribution >= 0.6 is 0 Å². The van der Waals surface area contributed by atoms with Crippen LogP contribution in [0.25, 0.3) is 11.0 Å². The fraction of sp³-hybridized carbons (Fsp3) is 0.265. The number of aliphatic imine (C=N–C) groups is 1. The second kappa shape index (κ2) is 16.3. The van der Waals surface area contributed by atoms with E-state index < -0.39 is 52.9 Å². The number of hydrogen-bond acceptors (Lipinski definition) is 10. The van der Waals surface area contributed by atoms with E-state index in [4.69, 9.17) is 27.7 Å². The number of carbonyl (C=O) groups is 4. The highest BCUT2D eigenvalue weighted by molar-refractivity contribution is 6.07. The maximum absolute atomic E-state index is 13.7. The van der Waals surface area contributed by atoms with E-state index >= 15 is 0 Å². The number of benzene rings is 3. The van der Waals surface area contributed by atoms with Gasteiger partial charge < -0.3 is 58.9 Å². The highest BCUT2D eigenvalue weighted by Gasteiger charge is 2.28. The topological polar surface area (TPSA) is 308 Å². The maximum Gasteiger partial charge on any atom is 0.314 e. The summed E-state index contributed by atoms with van der Waals surface area (Å²) in [6, 6.07) is 12.7. The van der Waals surface area contributed by atoms with Gasteiger partial charge in [-0.3, -0.25) is 33.8 Å². The van der Waals surface area contributed by atoms with Gasteiger partial charge in [-0.2, -0.15) is 0 Å². The summed E-state index contributed by atoms with van der Waals surface area (Å²) in [5.41, 5.74) is 23.4. The first kappa shape index (κ1) is 36.6. The number of hydrogen-bond donors (Lipinski definition) is 10. The Balaban J connectivity index is 1.40. The fourth-order valence-electron chi connectivity index (χ4n) is 5.37. The number of rotatable bonds is 8. The fourth-order valence-corrected chi connectivity index (χ4v) is 5.37. The smallest absolute Gasteiger partial charge is 0.314 e. The van der Waals surface area contributed by atoms with Crippen LogP contribution in [0.2, 0.25) is 0 Å². The molecule has 18 nitrogen and oxygen atoms in total. The molecule has 0 fully saturated rings. The highest BCUT2D eigenvalue weighted by Crippen LogP contribution is 2.25. The molecule has 1 aliphatic rings. The van der Waals surface area contributed by atoms with Gasteiger partial charge in [-0.25, -0.2) is 0 Å². The molecule has 1 aromatic heterocycles. The van der Waals surface area contributed by atoms with Gasteiger partial charge in [0.05, 0.1) is 22.6 Å².